The van der Waals surface area contributed by atoms with Crippen LogP contribution in [0.3, 0.4) is 0 Å². The molecule has 0 aliphatic rings. The van der Waals surface area contributed by atoms with Crippen molar-refractivity contribution in [2.24, 2.45) is 0 Å². The molecular formula is C25H22N2O4. The van der Waals surface area contributed by atoms with Crippen molar-refractivity contribution in [3.05, 3.63) is 112 Å². The van der Waals surface area contributed by atoms with Gasteiger partial charge in [0, 0.05) is 18.3 Å². The summed E-state index contributed by atoms with van der Waals surface area (Å²) in [6, 6.07) is 22.6. The molecule has 0 saturated carbocycles. The Morgan fingerprint density at radius 1 is 1.00 bits per heavy atom. The van der Waals surface area contributed by atoms with Crippen LogP contribution in [0.5, 0.6) is 5.75 Å². The summed E-state index contributed by atoms with van der Waals surface area (Å²) in [7, 11) is 0. The van der Waals surface area contributed by atoms with Gasteiger partial charge in [-0.15, -0.1) is 0 Å². The Hall–Kier alpha value is -4.06. The van der Waals surface area contributed by atoms with Crippen molar-refractivity contribution in [2.75, 3.05) is 0 Å². The fourth-order valence-electron chi connectivity index (χ4n) is 3.24. The monoisotopic (exact) mass is 414 g/mol. The van der Waals surface area contributed by atoms with Crippen molar-refractivity contribution in [3.8, 4) is 17.1 Å². The maximum absolute atomic E-state index is 12.6. The van der Waals surface area contributed by atoms with Crippen LogP contribution in [0.4, 0.5) is 0 Å². The first-order chi connectivity index (χ1) is 15.1. The van der Waals surface area contributed by atoms with Crippen molar-refractivity contribution in [2.45, 2.75) is 20.1 Å². The number of hydrogen-bond donors (Lipinski definition) is 2. The summed E-state index contributed by atoms with van der Waals surface area (Å²) in [6.45, 7) is 2.46. The third-order valence-corrected chi connectivity index (χ3v) is 4.83. The van der Waals surface area contributed by atoms with Gasteiger partial charge in [-0.25, -0.2) is 0 Å². The number of carbonyl (C=O) groups is 1. The minimum absolute atomic E-state index is 0.170. The molecule has 0 radical (unpaired) electrons. The molecule has 2 heterocycles. The molecule has 0 bridgehead atoms. The molecule has 2 aromatic carbocycles. The van der Waals surface area contributed by atoms with Gasteiger partial charge in [-0.3, -0.25) is 9.59 Å². The third-order valence-electron chi connectivity index (χ3n) is 4.83. The van der Waals surface area contributed by atoms with Gasteiger partial charge in [0.25, 0.3) is 11.5 Å². The number of benzene rings is 2. The molecule has 1 amide bonds. The maximum Gasteiger partial charge on any atom is 0.287 e. The van der Waals surface area contributed by atoms with E-state index in [1.807, 2.05) is 60.7 Å². The molecule has 0 fully saturated rings. The second-order valence-corrected chi connectivity index (χ2v) is 7.11. The van der Waals surface area contributed by atoms with E-state index in [1.54, 1.807) is 19.1 Å². The quantitative estimate of drug-likeness (QED) is 0.468. The number of aryl methyl sites for hydroxylation is 1. The molecule has 0 saturated heterocycles. The summed E-state index contributed by atoms with van der Waals surface area (Å²) >= 11 is 0. The van der Waals surface area contributed by atoms with Crippen LogP contribution < -0.4 is 15.6 Å². The van der Waals surface area contributed by atoms with Crippen molar-refractivity contribution >= 4 is 5.91 Å². The number of hydrogen-bond acceptors (Lipinski definition) is 4. The van der Waals surface area contributed by atoms with E-state index >= 15 is 0 Å². The van der Waals surface area contributed by atoms with E-state index in [-0.39, 0.29) is 28.6 Å². The minimum atomic E-state index is -0.351. The average Bonchev–Trinajstić information content (AvgIpc) is 3.18. The fourth-order valence-corrected chi connectivity index (χ4v) is 3.24. The summed E-state index contributed by atoms with van der Waals surface area (Å²) in [5.74, 6) is 0.500. The molecule has 4 rings (SSSR count). The Morgan fingerprint density at radius 3 is 2.39 bits per heavy atom. The topological polar surface area (TPSA) is 84.3 Å². The molecule has 0 spiro atoms. The molecule has 0 atom stereocenters. The van der Waals surface area contributed by atoms with Crippen LogP contribution >= 0.6 is 0 Å². The number of amides is 1. The number of aromatic amines is 1. The number of furan rings is 1. The number of aromatic nitrogens is 1. The molecule has 0 aliphatic carbocycles. The molecule has 6 nitrogen and oxygen atoms in total. The van der Waals surface area contributed by atoms with E-state index in [4.69, 9.17) is 9.15 Å². The summed E-state index contributed by atoms with van der Waals surface area (Å²) in [5, 5.41) is 2.85. The lowest BCUT2D eigenvalue weighted by molar-refractivity contribution is 0.0923. The molecule has 156 valence electrons. The lowest BCUT2D eigenvalue weighted by atomic mass is 10.1. The average molecular weight is 414 g/mol. The maximum atomic E-state index is 12.6. The lowest BCUT2D eigenvalue weighted by Gasteiger charge is -2.09. The molecule has 0 unspecified atom stereocenters. The number of nitrogens with one attached hydrogen (secondary N) is 2. The van der Waals surface area contributed by atoms with Crippen LogP contribution in [-0.4, -0.2) is 10.9 Å². The second-order valence-electron chi connectivity index (χ2n) is 7.11. The number of rotatable bonds is 7. The zero-order valence-electron chi connectivity index (χ0n) is 17.1. The van der Waals surface area contributed by atoms with E-state index in [1.165, 1.54) is 6.20 Å². The second kappa shape index (κ2) is 9.17. The van der Waals surface area contributed by atoms with E-state index < -0.39 is 0 Å². The first-order valence-electron chi connectivity index (χ1n) is 9.93. The van der Waals surface area contributed by atoms with Crippen molar-refractivity contribution in [1.29, 1.82) is 0 Å². The zero-order valence-corrected chi connectivity index (χ0v) is 17.1. The van der Waals surface area contributed by atoms with E-state index in [0.29, 0.717) is 24.5 Å². The van der Waals surface area contributed by atoms with Gasteiger partial charge in [0.1, 0.15) is 23.7 Å². The number of ether oxygens (including phenoxy) is 1. The van der Waals surface area contributed by atoms with E-state index in [9.17, 15) is 9.59 Å². The van der Waals surface area contributed by atoms with Gasteiger partial charge in [-0.1, -0.05) is 60.7 Å². The highest BCUT2D eigenvalue weighted by molar-refractivity contribution is 5.93. The zero-order chi connectivity index (χ0) is 21.6. The molecule has 4 aromatic rings. The van der Waals surface area contributed by atoms with Crippen molar-refractivity contribution in [1.82, 2.24) is 10.3 Å². The number of H-pyrrole nitrogens is 1. The molecular weight excluding hydrogens is 392 g/mol. The Morgan fingerprint density at radius 2 is 1.68 bits per heavy atom. The first kappa shape index (κ1) is 20.2. The predicted octanol–water partition coefficient (Wildman–Crippen LogP) is 4.45. The SMILES string of the molecule is Cc1cc(-c2c(OCc3ccccc3)cc[nH]c2=O)oc1C(=O)NCc1ccccc1. The smallest absolute Gasteiger partial charge is 0.287 e. The van der Waals surface area contributed by atoms with Gasteiger partial charge in [-0.05, 0) is 30.2 Å². The number of pyridine rings is 1. The van der Waals surface area contributed by atoms with Gasteiger partial charge in [0.15, 0.2) is 5.76 Å². The summed E-state index contributed by atoms with van der Waals surface area (Å²) in [6.07, 6.45) is 1.52. The standard InChI is InChI=1S/C25H22N2O4/c1-17-14-21(31-23(17)25(29)27-15-18-8-4-2-5-9-18)22-20(12-13-26-24(22)28)30-16-19-10-6-3-7-11-19/h2-14H,15-16H2,1H3,(H,26,28)(H,27,29). The molecule has 31 heavy (non-hydrogen) atoms. The largest absolute Gasteiger partial charge is 0.488 e. The Labute approximate surface area is 179 Å². The van der Waals surface area contributed by atoms with Gasteiger partial charge < -0.3 is 19.5 Å². The third kappa shape index (κ3) is 4.75. The molecule has 2 aromatic heterocycles. The Bertz CT molecular complexity index is 1230. The highest BCUT2D eigenvalue weighted by Gasteiger charge is 2.21. The summed E-state index contributed by atoms with van der Waals surface area (Å²) < 4.78 is 11.7. The van der Waals surface area contributed by atoms with Gasteiger partial charge in [0.2, 0.25) is 0 Å². The van der Waals surface area contributed by atoms with Crippen LogP contribution in [0.1, 0.15) is 27.2 Å². The van der Waals surface area contributed by atoms with Crippen LogP contribution in [0.2, 0.25) is 0 Å². The number of carbonyl (C=O) groups excluding carboxylic acids is 1. The molecule has 2 N–H and O–H groups in total. The molecule has 6 heteroatoms. The van der Waals surface area contributed by atoms with Gasteiger partial charge in [-0.2, -0.15) is 0 Å². The van der Waals surface area contributed by atoms with E-state index in [0.717, 1.165) is 11.1 Å². The highest BCUT2D eigenvalue weighted by atomic mass is 16.5. The Kier molecular flexibility index (Phi) is 5.98. The first-order valence-corrected chi connectivity index (χ1v) is 9.93. The highest BCUT2D eigenvalue weighted by Crippen LogP contribution is 2.30. The van der Waals surface area contributed by atoms with Gasteiger partial charge in [0.05, 0.1) is 0 Å². The van der Waals surface area contributed by atoms with Crippen LogP contribution in [0, 0.1) is 6.92 Å². The van der Waals surface area contributed by atoms with Crippen LogP contribution in [-0.2, 0) is 13.2 Å². The van der Waals surface area contributed by atoms with Gasteiger partial charge >= 0.3 is 0 Å². The predicted molar refractivity (Wildman–Crippen MR) is 118 cm³/mol. The van der Waals surface area contributed by atoms with Crippen LogP contribution in [0.25, 0.3) is 11.3 Å². The summed E-state index contributed by atoms with van der Waals surface area (Å²) in [4.78, 5) is 27.8. The van der Waals surface area contributed by atoms with Crippen molar-refractivity contribution in [3.63, 3.8) is 0 Å². The Balaban J connectivity index is 1.56. The van der Waals surface area contributed by atoms with E-state index in [2.05, 4.69) is 10.3 Å². The lowest BCUT2D eigenvalue weighted by Crippen LogP contribution is -2.22. The minimum Gasteiger partial charge on any atom is -0.488 e. The molecule has 0 aliphatic heterocycles. The fraction of sp³-hybridized carbons (Fsp3) is 0.120. The van der Waals surface area contributed by atoms with Crippen molar-refractivity contribution < 1.29 is 13.9 Å². The summed E-state index contributed by atoms with van der Waals surface area (Å²) in [5.41, 5.74) is 2.50. The van der Waals surface area contributed by atoms with Crippen LogP contribution in [0.15, 0.2) is 88.2 Å². The normalized spacial score (nSPS) is 10.6.